The van der Waals surface area contributed by atoms with E-state index in [9.17, 15) is 0 Å². The van der Waals surface area contributed by atoms with Gasteiger partial charge in [0.05, 0.1) is 12.2 Å². The molecule has 3 nitrogen and oxygen atoms in total. The number of anilines is 1. The summed E-state index contributed by atoms with van der Waals surface area (Å²) in [7, 11) is 0. The molecule has 0 amide bonds. The third kappa shape index (κ3) is 2.90. The zero-order valence-electron chi connectivity index (χ0n) is 10.6. The van der Waals surface area contributed by atoms with Crippen molar-refractivity contribution in [1.82, 2.24) is 4.98 Å². The Morgan fingerprint density at radius 3 is 2.59 bits per heavy atom. The molecule has 2 heterocycles. The van der Waals surface area contributed by atoms with Crippen LogP contribution in [0.15, 0.2) is 12.3 Å². The maximum Gasteiger partial charge on any atom is 0.131 e. The molecule has 0 bridgehead atoms. The van der Waals surface area contributed by atoms with Gasteiger partial charge < -0.3 is 9.64 Å². The number of hydrogen-bond acceptors (Lipinski definition) is 3. The highest BCUT2D eigenvalue weighted by molar-refractivity contribution is 6.17. The summed E-state index contributed by atoms with van der Waals surface area (Å²) in [6.07, 6.45) is 2.38. The molecule has 1 aliphatic heterocycles. The topological polar surface area (TPSA) is 25.4 Å². The molecule has 1 fully saturated rings. The van der Waals surface area contributed by atoms with E-state index in [0.717, 1.165) is 24.5 Å². The van der Waals surface area contributed by atoms with Gasteiger partial charge in [0.2, 0.25) is 0 Å². The summed E-state index contributed by atoms with van der Waals surface area (Å²) in [6.45, 7) is 8.09. The van der Waals surface area contributed by atoms with Crippen molar-refractivity contribution in [3.8, 4) is 0 Å². The monoisotopic (exact) mass is 254 g/mol. The van der Waals surface area contributed by atoms with Crippen molar-refractivity contribution < 1.29 is 4.74 Å². The summed E-state index contributed by atoms with van der Waals surface area (Å²) < 4.78 is 5.73. The van der Waals surface area contributed by atoms with E-state index in [1.807, 2.05) is 6.20 Å². The van der Waals surface area contributed by atoms with Gasteiger partial charge in [-0.3, -0.25) is 0 Å². The van der Waals surface area contributed by atoms with Crippen LogP contribution in [0.3, 0.4) is 0 Å². The summed E-state index contributed by atoms with van der Waals surface area (Å²) in [6, 6.07) is 2.11. The Bertz CT molecular complexity index is 387. The van der Waals surface area contributed by atoms with Gasteiger partial charge >= 0.3 is 0 Å². The second-order valence-corrected chi connectivity index (χ2v) is 5.05. The van der Waals surface area contributed by atoms with E-state index in [0.29, 0.717) is 5.88 Å². The van der Waals surface area contributed by atoms with E-state index in [1.54, 1.807) is 0 Å². The number of aromatic nitrogens is 1. The Morgan fingerprint density at radius 1 is 1.41 bits per heavy atom. The smallest absolute Gasteiger partial charge is 0.131 e. The van der Waals surface area contributed by atoms with E-state index >= 15 is 0 Å². The van der Waals surface area contributed by atoms with E-state index in [2.05, 4.69) is 36.7 Å². The van der Waals surface area contributed by atoms with Gasteiger partial charge in [-0.25, -0.2) is 4.98 Å². The Balaban J connectivity index is 2.21. The first-order chi connectivity index (χ1) is 8.10. The van der Waals surface area contributed by atoms with E-state index in [-0.39, 0.29) is 12.2 Å². The lowest BCUT2D eigenvalue weighted by Gasteiger charge is -2.36. The largest absolute Gasteiger partial charge is 0.372 e. The molecule has 2 atom stereocenters. The quantitative estimate of drug-likeness (QED) is 0.759. The number of aryl methyl sites for hydroxylation is 1. The number of alkyl halides is 1. The Morgan fingerprint density at radius 2 is 2.06 bits per heavy atom. The lowest BCUT2D eigenvalue weighted by molar-refractivity contribution is -0.00549. The van der Waals surface area contributed by atoms with Gasteiger partial charge in [0.15, 0.2) is 0 Å². The summed E-state index contributed by atoms with van der Waals surface area (Å²) >= 11 is 5.81. The van der Waals surface area contributed by atoms with Gasteiger partial charge in [-0.05, 0) is 38.0 Å². The lowest BCUT2D eigenvalue weighted by Crippen LogP contribution is -2.46. The second-order valence-electron chi connectivity index (χ2n) is 4.78. The van der Waals surface area contributed by atoms with Crippen LogP contribution in [-0.4, -0.2) is 30.3 Å². The molecule has 1 saturated heterocycles. The van der Waals surface area contributed by atoms with Crippen molar-refractivity contribution in [2.75, 3.05) is 18.0 Å². The van der Waals surface area contributed by atoms with Gasteiger partial charge in [-0.15, -0.1) is 11.6 Å². The molecule has 94 valence electrons. The van der Waals surface area contributed by atoms with Crippen molar-refractivity contribution >= 4 is 17.4 Å². The van der Waals surface area contributed by atoms with Gasteiger partial charge in [0.1, 0.15) is 5.82 Å². The molecule has 0 radical (unpaired) electrons. The molecule has 1 aromatic heterocycles. The summed E-state index contributed by atoms with van der Waals surface area (Å²) in [5.74, 6) is 1.57. The number of ether oxygens (including phenoxy) is 1. The minimum atomic E-state index is 0.257. The summed E-state index contributed by atoms with van der Waals surface area (Å²) in [5.41, 5.74) is 2.26. The molecule has 0 saturated carbocycles. The van der Waals surface area contributed by atoms with Gasteiger partial charge in [-0.1, -0.05) is 0 Å². The molecule has 0 aliphatic carbocycles. The third-order valence-corrected chi connectivity index (χ3v) is 3.29. The Hall–Kier alpha value is -0.800. The molecule has 4 heteroatoms. The van der Waals surface area contributed by atoms with Crippen LogP contribution in [0, 0.1) is 6.92 Å². The molecule has 1 aliphatic rings. The van der Waals surface area contributed by atoms with E-state index in [4.69, 9.17) is 16.3 Å². The van der Waals surface area contributed by atoms with Crippen molar-refractivity contribution in [2.24, 2.45) is 0 Å². The first-order valence-electron chi connectivity index (χ1n) is 6.02. The lowest BCUT2D eigenvalue weighted by atomic mass is 10.1. The third-order valence-electron chi connectivity index (χ3n) is 2.98. The number of halogens is 1. The predicted molar refractivity (Wildman–Crippen MR) is 70.8 cm³/mol. The Kier molecular flexibility index (Phi) is 3.89. The molecule has 0 aromatic carbocycles. The molecular weight excluding hydrogens is 236 g/mol. The zero-order chi connectivity index (χ0) is 12.4. The standard InChI is InChI=1S/C13H19ClN2O/c1-9-4-12(5-14)6-15-13(9)16-7-10(2)17-11(3)8-16/h4,6,10-11H,5,7-8H2,1-3H3. The summed E-state index contributed by atoms with van der Waals surface area (Å²) in [5, 5.41) is 0. The second kappa shape index (κ2) is 5.23. The molecular formula is C13H19ClN2O. The van der Waals surface area contributed by atoms with Crippen LogP contribution < -0.4 is 4.90 Å². The van der Waals surface area contributed by atoms with Crippen LogP contribution in [0.4, 0.5) is 5.82 Å². The highest BCUT2D eigenvalue weighted by atomic mass is 35.5. The number of nitrogens with zero attached hydrogens (tertiary/aromatic N) is 2. The predicted octanol–water partition coefficient (Wildman–Crippen LogP) is 2.74. The van der Waals surface area contributed by atoms with Crippen LogP contribution in [0.2, 0.25) is 0 Å². The maximum atomic E-state index is 5.81. The fourth-order valence-electron chi connectivity index (χ4n) is 2.38. The fourth-order valence-corrected chi connectivity index (χ4v) is 2.53. The van der Waals surface area contributed by atoms with Crippen LogP contribution >= 0.6 is 11.6 Å². The van der Waals surface area contributed by atoms with Crippen molar-refractivity contribution in [1.29, 1.82) is 0 Å². The highest BCUT2D eigenvalue weighted by Gasteiger charge is 2.24. The Labute approximate surface area is 108 Å². The van der Waals surface area contributed by atoms with Gasteiger partial charge in [0, 0.05) is 25.2 Å². The van der Waals surface area contributed by atoms with Crippen molar-refractivity contribution in [2.45, 2.75) is 38.9 Å². The minimum Gasteiger partial charge on any atom is -0.372 e. The zero-order valence-corrected chi connectivity index (χ0v) is 11.4. The number of hydrogen-bond donors (Lipinski definition) is 0. The molecule has 0 spiro atoms. The first kappa shape index (κ1) is 12.7. The molecule has 17 heavy (non-hydrogen) atoms. The minimum absolute atomic E-state index is 0.257. The molecule has 1 aromatic rings. The van der Waals surface area contributed by atoms with Crippen LogP contribution in [0.25, 0.3) is 0 Å². The average molecular weight is 255 g/mol. The fraction of sp³-hybridized carbons (Fsp3) is 0.615. The highest BCUT2D eigenvalue weighted by Crippen LogP contribution is 2.22. The van der Waals surface area contributed by atoms with Crippen LogP contribution in [0.5, 0.6) is 0 Å². The van der Waals surface area contributed by atoms with E-state index in [1.165, 1.54) is 5.56 Å². The number of morpholine rings is 1. The van der Waals surface area contributed by atoms with E-state index < -0.39 is 0 Å². The van der Waals surface area contributed by atoms with Crippen LogP contribution in [0.1, 0.15) is 25.0 Å². The van der Waals surface area contributed by atoms with Crippen molar-refractivity contribution in [3.63, 3.8) is 0 Å². The molecule has 0 N–H and O–H groups in total. The molecule has 2 unspecified atom stereocenters. The van der Waals surface area contributed by atoms with Gasteiger partial charge in [0.25, 0.3) is 0 Å². The summed E-state index contributed by atoms with van der Waals surface area (Å²) in [4.78, 5) is 6.83. The normalized spacial score (nSPS) is 25.1. The molecule has 2 rings (SSSR count). The SMILES string of the molecule is Cc1cc(CCl)cnc1N1CC(C)OC(C)C1. The first-order valence-corrected chi connectivity index (χ1v) is 6.55. The average Bonchev–Trinajstić information content (AvgIpc) is 2.27. The number of pyridine rings is 1. The van der Waals surface area contributed by atoms with Gasteiger partial charge in [-0.2, -0.15) is 0 Å². The van der Waals surface area contributed by atoms with Crippen LogP contribution in [-0.2, 0) is 10.6 Å². The van der Waals surface area contributed by atoms with Crippen molar-refractivity contribution in [3.05, 3.63) is 23.4 Å². The number of rotatable bonds is 2. The maximum absolute atomic E-state index is 5.81.